The SMILES string of the molecule is CCOC(=O)c1csc(CNC(=O)[C@@H](N)C(C)C)n1. The van der Waals surface area contributed by atoms with Crippen LogP contribution in [0.3, 0.4) is 0 Å². The first-order valence-electron chi connectivity index (χ1n) is 6.10. The summed E-state index contributed by atoms with van der Waals surface area (Å²) >= 11 is 1.30. The quantitative estimate of drug-likeness (QED) is 0.758. The molecule has 0 aliphatic rings. The second-order valence-corrected chi connectivity index (χ2v) is 5.28. The minimum atomic E-state index is -0.538. The summed E-state index contributed by atoms with van der Waals surface area (Å²) < 4.78 is 4.83. The van der Waals surface area contributed by atoms with Crippen molar-refractivity contribution in [2.45, 2.75) is 33.4 Å². The fourth-order valence-electron chi connectivity index (χ4n) is 1.27. The number of carbonyl (C=O) groups excluding carboxylic acids is 2. The molecule has 1 atom stereocenters. The van der Waals surface area contributed by atoms with E-state index in [2.05, 4.69) is 10.3 Å². The molecule has 6 nitrogen and oxygen atoms in total. The Morgan fingerprint density at radius 2 is 2.21 bits per heavy atom. The van der Waals surface area contributed by atoms with Crippen molar-refractivity contribution in [3.05, 3.63) is 16.1 Å². The van der Waals surface area contributed by atoms with Crippen LogP contribution in [0.1, 0.15) is 36.3 Å². The van der Waals surface area contributed by atoms with Crippen molar-refractivity contribution in [3.63, 3.8) is 0 Å². The number of ether oxygens (including phenoxy) is 1. The van der Waals surface area contributed by atoms with Gasteiger partial charge in [0.1, 0.15) is 5.01 Å². The molecule has 106 valence electrons. The van der Waals surface area contributed by atoms with E-state index in [9.17, 15) is 9.59 Å². The third kappa shape index (κ3) is 4.60. The Kier molecular flexibility index (Phi) is 5.91. The highest BCUT2D eigenvalue weighted by atomic mass is 32.1. The van der Waals surface area contributed by atoms with E-state index in [1.807, 2.05) is 13.8 Å². The number of nitrogens with one attached hydrogen (secondary N) is 1. The average Bonchev–Trinajstić information content (AvgIpc) is 2.84. The van der Waals surface area contributed by atoms with Crippen LogP contribution < -0.4 is 11.1 Å². The zero-order chi connectivity index (χ0) is 14.4. The molecule has 1 aromatic heterocycles. The highest BCUT2D eigenvalue weighted by Gasteiger charge is 2.17. The highest BCUT2D eigenvalue weighted by molar-refractivity contribution is 7.09. The molecule has 1 aromatic rings. The van der Waals surface area contributed by atoms with E-state index in [1.165, 1.54) is 11.3 Å². The number of hydrogen-bond acceptors (Lipinski definition) is 6. The molecule has 19 heavy (non-hydrogen) atoms. The number of carbonyl (C=O) groups is 2. The standard InChI is InChI=1S/C12H19N3O3S/c1-4-18-12(17)8-6-19-9(15-8)5-14-11(16)10(13)7(2)3/h6-7,10H,4-5,13H2,1-3H3,(H,14,16)/t10-/m0/s1. The molecule has 1 heterocycles. The predicted octanol–water partition coefficient (Wildman–Crippen LogP) is 0.919. The lowest BCUT2D eigenvalue weighted by atomic mass is 10.1. The minimum absolute atomic E-state index is 0.0754. The molecule has 0 aromatic carbocycles. The van der Waals surface area contributed by atoms with Gasteiger partial charge in [-0.15, -0.1) is 11.3 Å². The largest absolute Gasteiger partial charge is 0.461 e. The summed E-state index contributed by atoms with van der Waals surface area (Å²) in [5.41, 5.74) is 5.98. The summed E-state index contributed by atoms with van der Waals surface area (Å²) in [7, 11) is 0. The van der Waals surface area contributed by atoms with E-state index >= 15 is 0 Å². The minimum Gasteiger partial charge on any atom is -0.461 e. The van der Waals surface area contributed by atoms with Crippen molar-refractivity contribution in [2.24, 2.45) is 11.7 Å². The van der Waals surface area contributed by atoms with Crippen molar-refractivity contribution in [1.29, 1.82) is 0 Å². The molecule has 1 rings (SSSR count). The van der Waals surface area contributed by atoms with Gasteiger partial charge in [-0.2, -0.15) is 0 Å². The van der Waals surface area contributed by atoms with Gasteiger partial charge in [0.15, 0.2) is 5.69 Å². The third-order valence-electron chi connectivity index (χ3n) is 2.47. The van der Waals surface area contributed by atoms with Gasteiger partial charge in [-0.1, -0.05) is 13.8 Å². The van der Waals surface area contributed by atoms with Crippen LogP contribution in [0.15, 0.2) is 5.38 Å². The Morgan fingerprint density at radius 1 is 1.53 bits per heavy atom. The molecule has 0 saturated heterocycles. The highest BCUT2D eigenvalue weighted by Crippen LogP contribution is 2.11. The lowest BCUT2D eigenvalue weighted by Gasteiger charge is -2.14. The summed E-state index contributed by atoms with van der Waals surface area (Å²) in [5.74, 6) is -0.593. The number of thiazole rings is 1. The van der Waals surface area contributed by atoms with Crippen LogP contribution in [0.2, 0.25) is 0 Å². The van der Waals surface area contributed by atoms with Crippen LogP contribution in [0.4, 0.5) is 0 Å². The van der Waals surface area contributed by atoms with E-state index in [0.717, 1.165) is 0 Å². The summed E-state index contributed by atoms with van der Waals surface area (Å²) in [5, 5.41) is 4.95. The van der Waals surface area contributed by atoms with Crippen molar-refractivity contribution in [1.82, 2.24) is 10.3 Å². The summed E-state index contributed by atoms with van der Waals surface area (Å²) in [4.78, 5) is 27.2. The molecular formula is C12H19N3O3S. The van der Waals surface area contributed by atoms with E-state index in [4.69, 9.17) is 10.5 Å². The summed E-state index contributed by atoms with van der Waals surface area (Å²) in [6.07, 6.45) is 0. The fraction of sp³-hybridized carbons (Fsp3) is 0.583. The van der Waals surface area contributed by atoms with Gasteiger partial charge < -0.3 is 15.8 Å². The van der Waals surface area contributed by atoms with Crippen LogP contribution in [-0.4, -0.2) is 29.5 Å². The van der Waals surface area contributed by atoms with Gasteiger partial charge in [-0.25, -0.2) is 9.78 Å². The number of nitrogens with zero attached hydrogens (tertiary/aromatic N) is 1. The maximum atomic E-state index is 11.7. The van der Waals surface area contributed by atoms with Crippen molar-refractivity contribution >= 4 is 23.2 Å². The fourth-order valence-corrected chi connectivity index (χ4v) is 1.98. The van der Waals surface area contributed by atoms with Gasteiger partial charge in [0.25, 0.3) is 0 Å². The second-order valence-electron chi connectivity index (χ2n) is 4.33. The molecule has 0 fully saturated rings. The molecular weight excluding hydrogens is 266 g/mol. The molecule has 3 N–H and O–H groups in total. The lowest BCUT2D eigenvalue weighted by Crippen LogP contribution is -2.43. The zero-order valence-electron chi connectivity index (χ0n) is 11.3. The predicted molar refractivity (Wildman–Crippen MR) is 72.7 cm³/mol. The normalized spacial score (nSPS) is 12.3. The molecule has 0 radical (unpaired) electrons. The van der Waals surface area contributed by atoms with Gasteiger partial charge in [-0.05, 0) is 12.8 Å². The van der Waals surface area contributed by atoms with E-state index < -0.39 is 12.0 Å². The third-order valence-corrected chi connectivity index (χ3v) is 3.32. The Labute approximate surface area is 116 Å². The number of rotatable bonds is 6. The molecule has 0 aliphatic heterocycles. The maximum absolute atomic E-state index is 11.7. The monoisotopic (exact) mass is 285 g/mol. The van der Waals surface area contributed by atoms with E-state index in [0.29, 0.717) is 11.6 Å². The Bertz CT molecular complexity index is 445. The van der Waals surface area contributed by atoms with Crippen LogP contribution in [0.5, 0.6) is 0 Å². The Morgan fingerprint density at radius 3 is 2.79 bits per heavy atom. The molecule has 1 amide bonds. The molecule has 0 spiro atoms. The lowest BCUT2D eigenvalue weighted by molar-refractivity contribution is -0.123. The van der Waals surface area contributed by atoms with Gasteiger partial charge in [0.05, 0.1) is 19.2 Å². The van der Waals surface area contributed by atoms with Gasteiger partial charge >= 0.3 is 5.97 Å². The second kappa shape index (κ2) is 7.20. The maximum Gasteiger partial charge on any atom is 0.357 e. The number of aromatic nitrogens is 1. The first-order chi connectivity index (χ1) is 8.95. The summed E-state index contributed by atoms with van der Waals surface area (Å²) in [6.45, 7) is 6.08. The number of hydrogen-bond donors (Lipinski definition) is 2. The van der Waals surface area contributed by atoms with Crippen LogP contribution in [-0.2, 0) is 16.1 Å². The number of esters is 1. The molecule has 0 bridgehead atoms. The van der Waals surface area contributed by atoms with Crippen LogP contribution in [0, 0.1) is 5.92 Å². The number of amides is 1. The van der Waals surface area contributed by atoms with Gasteiger partial charge in [0.2, 0.25) is 5.91 Å². The molecule has 0 aliphatic carbocycles. The van der Waals surface area contributed by atoms with Crippen molar-refractivity contribution < 1.29 is 14.3 Å². The van der Waals surface area contributed by atoms with E-state index in [-0.39, 0.29) is 24.1 Å². The topological polar surface area (TPSA) is 94.3 Å². The smallest absolute Gasteiger partial charge is 0.357 e. The van der Waals surface area contributed by atoms with Crippen LogP contribution >= 0.6 is 11.3 Å². The Hall–Kier alpha value is -1.47. The van der Waals surface area contributed by atoms with Gasteiger partial charge in [-0.3, -0.25) is 4.79 Å². The molecule has 7 heteroatoms. The molecule has 0 unspecified atom stereocenters. The first kappa shape index (κ1) is 15.6. The zero-order valence-corrected chi connectivity index (χ0v) is 12.1. The van der Waals surface area contributed by atoms with Crippen molar-refractivity contribution in [3.8, 4) is 0 Å². The first-order valence-corrected chi connectivity index (χ1v) is 6.98. The van der Waals surface area contributed by atoms with E-state index in [1.54, 1.807) is 12.3 Å². The van der Waals surface area contributed by atoms with Crippen molar-refractivity contribution in [2.75, 3.05) is 6.61 Å². The number of nitrogens with two attached hydrogens (primary N) is 1. The summed E-state index contributed by atoms with van der Waals surface area (Å²) in [6, 6.07) is -0.538. The molecule has 0 saturated carbocycles. The van der Waals surface area contributed by atoms with Crippen LogP contribution in [0.25, 0.3) is 0 Å². The average molecular weight is 285 g/mol. The van der Waals surface area contributed by atoms with Gasteiger partial charge in [0, 0.05) is 5.38 Å². The Balaban J connectivity index is 2.51.